The highest BCUT2D eigenvalue weighted by molar-refractivity contribution is 6.22. The molecule has 0 fully saturated rings. The van der Waals surface area contributed by atoms with E-state index in [1.165, 1.54) is 60.9 Å². The molecule has 1 aliphatic rings. The van der Waals surface area contributed by atoms with Crippen LogP contribution in [-0.2, 0) is 16.2 Å². The summed E-state index contributed by atoms with van der Waals surface area (Å²) >= 11 is 0. The Balaban J connectivity index is 1.52. The number of rotatable bonds is 6. The molecule has 6 aromatic rings. The van der Waals surface area contributed by atoms with Crippen LogP contribution in [0.25, 0.3) is 21.5 Å². The number of anilines is 5. The number of fused-ring (bicyclic) bond motifs is 2. The highest BCUT2D eigenvalue weighted by Gasteiger charge is 2.30. The van der Waals surface area contributed by atoms with E-state index in [-0.39, 0.29) is 27.7 Å². The Morgan fingerprint density at radius 2 is 0.768 bits per heavy atom. The largest absolute Gasteiger partial charge is 0.333 e. The Bertz CT molecular complexity index is 2280. The van der Waals surface area contributed by atoms with E-state index in [4.69, 9.17) is 0 Å². The molecule has 1 atom stereocenters. The zero-order valence-corrected chi connectivity index (χ0v) is 36.0. The number of hydrogen-bond acceptors (Lipinski definition) is 2. The summed E-state index contributed by atoms with van der Waals surface area (Å²) in [6, 6.07) is 46.1. The topological polar surface area (TPSA) is 6.48 Å². The zero-order chi connectivity index (χ0) is 40.2. The molecule has 2 nitrogen and oxygen atoms in total. The van der Waals surface area contributed by atoms with Crippen molar-refractivity contribution >= 4 is 50.0 Å². The molecule has 0 heterocycles. The summed E-state index contributed by atoms with van der Waals surface area (Å²) in [6.07, 6.45) is 8.20. The Kier molecular flexibility index (Phi) is 10.1. The van der Waals surface area contributed by atoms with Crippen molar-refractivity contribution in [1.29, 1.82) is 0 Å². The van der Waals surface area contributed by atoms with Gasteiger partial charge in [0.1, 0.15) is 0 Å². The van der Waals surface area contributed by atoms with Crippen LogP contribution in [0.2, 0.25) is 0 Å². The molecular weight excluding hydrogens is 677 g/mol. The molecule has 7 rings (SSSR count). The van der Waals surface area contributed by atoms with E-state index in [0.717, 1.165) is 17.8 Å². The van der Waals surface area contributed by atoms with Gasteiger partial charge in [-0.25, -0.2) is 0 Å². The van der Waals surface area contributed by atoms with Gasteiger partial charge in [-0.3, -0.25) is 0 Å². The van der Waals surface area contributed by atoms with Crippen LogP contribution < -0.4 is 9.80 Å². The lowest BCUT2D eigenvalue weighted by Gasteiger charge is -2.37. The molecule has 0 spiro atoms. The molecular formula is C54H62N2. The number of hydrogen-bond donors (Lipinski definition) is 0. The van der Waals surface area contributed by atoms with E-state index in [1.807, 2.05) is 0 Å². The SMILES string of the molecule is CC(C)(C)C1=CCC(N(c2ccc(C(C)(C)C)cc2)c2c3ccccc3c(N(c3ccc(C(C)(C)C)cc3)c3ccc(C(C)(C)C)cc3)c3ccccc23)C=C1. The van der Waals surface area contributed by atoms with Crippen LogP contribution in [0.5, 0.6) is 0 Å². The average molecular weight is 739 g/mol. The molecule has 288 valence electrons. The maximum absolute atomic E-state index is 2.62. The van der Waals surface area contributed by atoms with E-state index < -0.39 is 0 Å². The lowest BCUT2D eigenvalue weighted by Crippen LogP contribution is -2.31. The van der Waals surface area contributed by atoms with Gasteiger partial charge in [0.05, 0.1) is 17.4 Å². The minimum Gasteiger partial charge on any atom is -0.333 e. The van der Waals surface area contributed by atoms with E-state index in [1.54, 1.807) is 0 Å². The molecule has 0 amide bonds. The Morgan fingerprint density at radius 3 is 1.09 bits per heavy atom. The summed E-state index contributed by atoms with van der Waals surface area (Å²) in [6.45, 7) is 27.5. The average Bonchev–Trinajstić information content (AvgIpc) is 3.15. The quantitative estimate of drug-likeness (QED) is 0.124. The first kappa shape index (κ1) is 39.2. The third-order valence-corrected chi connectivity index (χ3v) is 11.6. The smallest absolute Gasteiger partial charge is 0.0619 e. The predicted octanol–water partition coefficient (Wildman–Crippen LogP) is 15.8. The lowest BCUT2D eigenvalue weighted by atomic mass is 9.82. The first-order valence-electron chi connectivity index (χ1n) is 20.6. The molecule has 6 aromatic carbocycles. The summed E-state index contributed by atoms with van der Waals surface area (Å²) in [7, 11) is 0. The first-order chi connectivity index (χ1) is 26.3. The van der Waals surface area contributed by atoms with Crippen LogP contribution in [0.15, 0.2) is 145 Å². The summed E-state index contributed by atoms with van der Waals surface area (Å²) in [4.78, 5) is 5.11. The van der Waals surface area contributed by atoms with Crippen molar-refractivity contribution in [3.8, 4) is 0 Å². The zero-order valence-electron chi connectivity index (χ0n) is 36.0. The van der Waals surface area contributed by atoms with Gasteiger partial charge in [0, 0.05) is 38.6 Å². The van der Waals surface area contributed by atoms with Crippen LogP contribution in [0.3, 0.4) is 0 Å². The van der Waals surface area contributed by atoms with Crippen molar-refractivity contribution in [2.24, 2.45) is 5.41 Å². The third-order valence-electron chi connectivity index (χ3n) is 11.6. The fourth-order valence-corrected chi connectivity index (χ4v) is 8.18. The van der Waals surface area contributed by atoms with Crippen LogP contribution >= 0.6 is 0 Å². The molecule has 56 heavy (non-hydrogen) atoms. The van der Waals surface area contributed by atoms with Gasteiger partial charge in [-0.05, 0) is 86.7 Å². The second kappa shape index (κ2) is 14.5. The predicted molar refractivity (Wildman–Crippen MR) is 246 cm³/mol. The molecule has 0 bridgehead atoms. The van der Waals surface area contributed by atoms with Crippen molar-refractivity contribution in [1.82, 2.24) is 0 Å². The monoisotopic (exact) mass is 738 g/mol. The van der Waals surface area contributed by atoms with Crippen molar-refractivity contribution < 1.29 is 0 Å². The van der Waals surface area contributed by atoms with E-state index in [9.17, 15) is 0 Å². The molecule has 0 radical (unpaired) electrons. The van der Waals surface area contributed by atoms with Gasteiger partial charge in [-0.1, -0.05) is 186 Å². The summed E-state index contributed by atoms with van der Waals surface area (Å²) < 4.78 is 0. The van der Waals surface area contributed by atoms with E-state index in [0.29, 0.717) is 0 Å². The van der Waals surface area contributed by atoms with Gasteiger partial charge in [0.2, 0.25) is 0 Å². The molecule has 1 aliphatic carbocycles. The molecule has 0 saturated carbocycles. The van der Waals surface area contributed by atoms with Crippen molar-refractivity contribution in [2.45, 2.75) is 112 Å². The summed E-state index contributed by atoms with van der Waals surface area (Å²) in [5, 5.41) is 4.93. The second-order valence-corrected chi connectivity index (χ2v) is 20.0. The third kappa shape index (κ3) is 7.68. The highest BCUT2D eigenvalue weighted by Crippen LogP contribution is 2.51. The van der Waals surface area contributed by atoms with E-state index in [2.05, 4.69) is 232 Å². The minimum absolute atomic E-state index is 0.0592. The van der Waals surface area contributed by atoms with Crippen LogP contribution in [-0.4, -0.2) is 6.04 Å². The molecule has 1 unspecified atom stereocenters. The van der Waals surface area contributed by atoms with Gasteiger partial charge in [0.25, 0.3) is 0 Å². The minimum atomic E-state index is 0.0592. The number of allylic oxidation sites excluding steroid dienone is 2. The number of nitrogens with zero attached hydrogens (tertiary/aromatic N) is 2. The molecule has 0 N–H and O–H groups in total. The van der Waals surface area contributed by atoms with Gasteiger partial charge in [0.15, 0.2) is 0 Å². The van der Waals surface area contributed by atoms with Gasteiger partial charge < -0.3 is 9.80 Å². The van der Waals surface area contributed by atoms with Gasteiger partial charge in [-0.2, -0.15) is 0 Å². The van der Waals surface area contributed by atoms with Crippen LogP contribution in [0, 0.1) is 5.41 Å². The van der Waals surface area contributed by atoms with Crippen LogP contribution in [0.4, 0.5) is 28.4 Å². The maximum Gasteiger partial charge on any atom is 0.0619 e. The molecule has 2 heteroatoms. The molecule has 0 aromatic heterocycles. The molecule has 0 aliphatic heterocycles. The Hall–Kier alpha value is -5.08. The fourth-order valence-electron chi connectivity index (χ4n) is 8.18. The van der Waals surface area contributed by atoms with Gasteiger partial charge >= 0.3 is 0 Å². The first-order valence-corrected chi connectivity index (χ1v) is 20.6. The fraction of sp³-hybridized carbons (Fsp3) is 0.333. The van der Waals surface area contributed by atoms with Gasteiger partial charge in [-0.15, -0.1) is 0 Å². The Labute approximate surface area is 337 Å². The van der Waals surface area contributed by atoms with Crippen molar-refractivity contribution in [3.05, 3.63) is 162 Å². The second-order valence-electron chi connectivity index (χ2n) is 20.0. The lowest BCUT2D eigenvalue weighted by molar-refractivity contribution is 0.510. The summed E-state index contributed by atoms with van der Waals surface area (Å²) in [5.41, 5.74) is 11.6. The van der Waals surface area contributed by atoms with E-state index >= 15 is 0 Å². The maximum atomic E-state index is 2.62. The number of benzene rings is 6. The van der Waals surface area contributed by atoms with Crippen LogP contribution in [0.1, 0.15) is 106 Å². The highest BCUT2D eigenvalue weighted by atomic mass is 15.2. The standard InChI is InChI=1S/C54H62N2/c1-51(2,3)37-21-29-41(30-22-37)55(42-31-23-38(24-32-42)52(4,5)6)49-45-17-13-15-19-47(45)50(48-20-16-14-18-46(48)49)56(43-33-25-39(26-34-43)53(7,8)9)44-35-27-40(28-36-44)54(10,11)12/h13-35,44H,36H2,1-12H3. The van der Waals surface area contributed by atoms with Crippen molar-refractivity contribution in [3.63, 3.8) is 0 Å². The summed E-state index contributed by atoms with van der Waals surface area (Å²) in [5.74, 6) is 0. The van der Waals surface area contributed by atoms with Crippen molar-refractivity contribution in [2.75, 3.05) is 9.80 Å². The Morgan fingerprint density at radius 1 is 0.411 bits per heavy atom. The molecule has 0 saturated heterocycles. The normalized spacial score (nSPS) is 15.3.